The number of methoxy groups -OCH3 is 1. The van der Waals surface area contributed by atoms with Crippen LogP contribution in [0, 0.1) is 19.8 Å². The SMILES string of the molecule is COc1c(C)cnc(CN(CC(=O)O)CC(C)C)c1C. The minimum absolute atomic E-state index is 0.0233. The summed E-state index contributed by atoms with van der Waals surface area (Å²) in [6.45, 7) is 9.33. The predicted molar refractivity (Wildman–Crippen MR) is 78.0 cm³/mol. The van der Waals surface area contributed by atoms with Gasteiger partial charge in [0.1, 0.15) is 5.75 Å². The summed E-state index contributed by atoms with van der Waals surface area (Å²) in [4.78, 5) is 17.3. The lowest BCUT2D eigenvalue weighted by Gasteiger charge is -2.23. The number of carbonyl (C=O) groups is 1. The third-order valence-corrected chi connectivity index (χ3v) is 3.11. The number of nitrogens with zero attached hydrogens (tertiary/aromatic N) is 2. The van der Waals surface area contributed by atoms with Crippen LogP contribution in [0.5, 0.6) is 5.75 Å². The number of ether oxygens (including phenoxy) is 1. The van der Waals surface area contributed by atoms with Crippen molar-refractivity contribution in [1.29, 1.82) is 0 Å². The number of aliphatic carboxylic acids is 1. The van der Waals surface area contributed by atoms with Gasteiger partial charge in [-0.15, -0.1) is 0 Å². The van der Waals surface area contributed by atoms with Gasteiger partial charge in [-0.1, -0.05) is 13.8 Å². The van der Waals surface area contributed by atoms with Gasteiger partial charge in [-0.3, -0.25) is 14.7 Å². The molecule has 0 bridgehead atoms. The van der Waals surface area contributed by atoms with Crippen LogP contribution in [0.2, 0.25) is 0 Å². The van der Waals surface area contributed by atoms with E-state index in [1.165, 1.54) is 0 Å². The van der Waals surface area contributed by atoms with E-state index in [4.69, 9.17) is 9.84 Å². The second kappa shape index (κ2) is 7.24. The zero-order valence-corrected chi connectivity index (χ0v) is 12.9. The Bertz CT molecular complexity index is 472. The third kappa shape index (κ3) is 4.49. The van der Waals surface area contributed by atoms with Gasteiger partial charge < -0.3 is 9.84 Å². The average molecular weight is 280 g/mol. The van der Waals surface area contributed by atoms with Gasteiger partial charge in [-0.2, -0.15) is 0 Å². The fourth-order valence-electron chi connectivity index (χ4n) is 2.33. The molecule has 112 valence electrons. The van der Waals surface area contributed by atoms with E-state index in [-0.39, 0.29) is 6.54 Å². The van der Waals surface area contributed by atoms with Crippen molar-refractivity contribution in [3.05, 3.63) is 23.0 Å². The first-order valence-corrected chi connectivity index (χ1v) is 6.78. The van der Waals surface area contributed by atoms with Gasteiger partial charge >= 0.3 is 5.97 Å². The van der Waals surface area contributed by atoms with Crippen molar-refractivity contribution in [2.24, 2.45) is 5.92 Å². The highest BCUT2D eigenvalue weighted by Gasteiger charge is 2.16. The summed E-state index contributed by atoms with van der Waals surface area (Å²) in [5.41, 5.74) is 2.84. The number of pyridine rings is 1. The van der Waals surface area contributed by atoms with E-state index in [1.807, 2.05) is 18.7 Å². The molecule has 1 heterocycles. The standard InChI is InChI=1S/C15H24N2O3/c1-10(2)7-17(9-14(18)19)8-13-12(4)15(20-5)11(3)6-16-13/h6,10H,7-9H2,1-5H3,(H,18,19). The van der Waals surface area contributed by atoms with Crippen molar-refractivity contribution in [3.8, 4) is 5.75 Å². The molecule has 0 radical (unpaired) electrons. The maximum absolute atomic E-state index is 11.0. The molecule has 0 saturated carbocycles. The summed E-state index contributed by atoms with van der Waals surface area (Å²) in [7, 11) is 1.64. The molecule has 0 aliphatic heterocycles. The fourth-order valence-corrected chi connectivity index (χ4v) is 2.33. The highest BCUT2D eigenvalue weighted by Crippen LogP contribution is 2.24. The molecule has 0 spiro atoms. The van der Waals surface area contributed by atoms with Gasteiger partial charge in [0.2, 0.25) is 0 Å². The van der Waals surface area contributed by atoms with Crippen molar-refractivity contribution in [3.63, 3.8) is 0 Å². The Balaban J connectivity index is 2.95. The number of hydrogen-bond acceptors (Lipinski definition) is 4. The van der Waals surface area contributed by atoms with Crippen LogP contribution < -0.4 is 4.74 Å². The zero-order chi connectivity index (χ0) is 15.3. The van der Waals surface area contributed by atoms with Gasteiger partial charge in [-0.25, -0.2) is 0 Å². The largest absolute Gasteiger partial charge is 0.496 e. The third-order valence-electron chi connectivity index (χ3n) is 3.11. The molecule has 20 heavy (non-hydrogen) atoms. The van der Waals surface area contributed by atoms with Crippen molar-refractivity contribution in [1.82, 2.24) is 9.88 Å². The first-order valence-electron chi connectivity index (χ1n) is 6.78. The molecule has 1 aromatic rings. The van der Waals surface area contributed by atoms with Gasteiger partial charge in [0.05, 0.1) is 19.3 Å². The van der Waals surface area contributed by atoms with Crippen LogP contribution in [0.4, 0.5) is 0 Å². The summed E-state index contributed by atoms with van der Waals surface area (Å²) in [6, 6.07) is 0. The molecule has 0 aliphatic carbocycles. The highest BCUT2D eigenvalue weighted by atomic mass is 16.5. The van der Waals surface area contributed by atoms with Gasteiger partial charge in [0.15, 0.2) is 0 Å². The molecule has 0 aliphatic rings. The summed E-state index contributed by atoms with van der Waals surface area (Å²) in [6.07, 6.45) is 1.77. The van der Waals surface area contributed by atoms with Crippen molar-refractivity contribution in [2.75, 3.05) is 20.2 Å². The molecule has 1 aromatic heterocycles. The number of hydrogen-bond donors (Lipinski definition) is 1. The fraction of sp³-hybridized carbons (Fsp3) is 0.600. The minimum atomic E-state index is -0.817. The van der Waals surface area contributed by atoms with Crippen LogP contribution in [0.15, 0.2) is 6.20 Å². The smallest absolute Gasteiger partial charge is 0.317 e. The Morgan fingerprint density at radius 1 is 1.45 bits per heavy atom. The Morgan fingerprint density at radius 2 is 2.10 bits per heavy atom. The van der Waals surface area contributed by atoms with Gasteiger partial charge in [0.25, 0.3) is 0 Å². The van der Waals surface area contributed by atoms with Crippen molar-refractivity contribution >= 4 is 5.97 Å². The molecular formula is C15H24N2O3. The molecule has 0 atom stereocenters. The summed E-state index contributed by atoms with van der Waals surface area (Å²) in [5, 5.41) is 9.00. The number of aromatic nitrogens is 1. The van der Waals surface area contributed by atoms with Crippen LogP contribution in [0.1, 0.15) is 30.7 Å². The Kier molecular flexibility index (Phi) is 5.95. The quantitative estimate of drug-likeness (QED) is 0.830. The molecule has 1 N–H and O–H groups in total. The van der Waals surface area contributed by atoms with Gasteiger partial charge in [0, 0.05) is 30.4 Å². The first kappa shape index (κ1) is 16.4. The van der Waals surface area contributed by atoms with Crippen molar-refractivity contribution < 1.29 is 14.6 Å². The summed E-state index contributed by atoms with van der Waals surface area (Å²) >= 11 is 0. The number of rotatable bonds is 7. The second-order valence-corrected chi connectivity index (χ2v) is 5.50. The average Bonchev–Trinajstić information content (AvgIpc) is 2.32. The lowest BCUT2D eigenvalue weighted by Crippen LogP contribution is -2.33. The lowest BCUT2D eigenvalue weighted by atomic mass is 10.1. The molecule has 5 nitrogen and oxygen atoms in total. The predicted octanol–water partition coefficient (Wildman–Crippen LogP) is 2.25. The van der Waals surface area contributed by atoms with E-state index in [2.05, 4.69) is 18.8 Å². The van der Waals surface area contributed by atoms with E-state index in [0.717, 1.165) is 29.1 Å². The molecule has 0 fully saturated rings. The van der Waals surface area contributed by atoms with Crippen LogP contribution in [-0.2, 0) is 11.3 Å². The van der Waals surface area contributed by atoms with E-state index >= 15 is 0 Å². The molecule has 0 aromatic carbocycles. The highest BCUT2D eigenvalue weighted by molar-refractivity contribution is 5.69. The molecular weight excluding hydrogens is 256 g/mol. The molecule has 0 unspecified atom stereocenters. The molecule has 0 amide bonds. The van der Waals surface area contributed by atoms with Crippen LogP contribution >= 0.6 is 0 Å². The topological polar surface area (TPSA) is 62.7 Å². The number of carboxylic acids is 1. The van der Waals surface area contributed by atoms with Crippen LogP contribution in [-0.4, -0.2) is 41.2 Å². The number of aryl methyl sites for hydroxylation is 1. The van der Waals surface area contributed by atoms with E-state index in [0.29, 0.717) is 12.5 Å². The monoisotopic (exact) mass is 280 g/mol. The molecule has 5 heteroatoms. The molecule has 1 rings (SSSR count). The normalized spacial score (nSPS) is 11.2. The Morgan fingerprint density at radius 3 is 2.60 bits per heavy atom. The Hall–Kier alpha value is -1.62. The van der Waals surface area contributed by atoms with Gasteiger partial charge in [-0.05, 0) is 19.8 Å². The Labute approximate surface area is 120 Å². The second-order valence-electron chi connectivity index (χ2n) is 5.50. The molecule has 0 saturated heterocycles. The van der Waals surface area contributed by atoms with Crippen molar-refractivity contribution in [2.45, 2.75) is 34.2 Å². The lowest BCUT2D eigenvalue weighted by molar-refractivity contribution is -0.138. The zero-order valence-electron chi connectivity index (χ0n) is 12.9. The number of carboxylic acid groups (broad SMARTS) is 1. The maximum Gasteiger partial charge on any atom is 0.317 e. The first-order chi connectivity index (χ1) is 9.35. The summed E-state index contributed by atoms with van der Waals surface area (Å²) in [5.74, 6) is 0.416. The van der Waals surface area contributed by atoms with Crippen LogP contribution in [0.25, 0.3) is 0 Å². The summed E-state index contributed by atoms with van der Waals surface area (Å²) < 4.78 is 5.39. The van der Waals surface area contributed by atoms with E-state index < -0.39 is 5.97 Å². The van der Waals surface area contributed by atoms with E-state index in [1.54, 1.807) is 13.3 Å². The van der Waals surface area contributed by atoms with Crippen LogP contribution in [0.3, 0.4) is 0 Å². The maximum atomic E-state index is 11.0. The van der Waals surface area contributed by atoms with E-state index in [9.17, 15) is 4.79 Å². The minimum Gasteiger partial charge on any atom is -0.496 e.